The van der Waals surface area contributed by atoms with E-state index in [1.54, 1.807) is 47.6 Å². The number of carbonyl (C=O) groups excluding carboxylic acids is 2. The fraction of sp³-hybridized carbons (Fsp3) is 0.462. The summed E-state index contributed by atoms with van der Waals surface area (Å²) in [6, 6.07) is 4.96. The Hall–Kier alpha value is -3.26. The van der Waals surface area contributed by atoms with Gasteiger partial charge in [0.15, 0.2) is 0 Å². The minimum atomic E-state index is -0.394. The van der Waals surface area contributed by atoms with E-state index in [2.05, 4.69) is 16.0 Å². The maximum absolute atomic E-state index is 13.5. The molecule has 4 rings (SSSR count). The van der Waals surface area contributed by atoms with Crippen molar-refractivity contribution in [3.63, 3.8) is 0 Å². The fourth-order valence-corrected chi connectivity index (χ4v) is 4.49. The molecule has 2 aliphatic rings. The molecule has 2 amide bonds. The third kappa shape index (κ3) is 4.97. The van der Waals surface area contributed by atoms with Crippen LogP contribution >= 0.6 is 0 Å². The SMILES string of the molecule is C[C@@H]1CN([C@H](C)CO)C(=O)c2cc(C3=CCCC3)cnc2O[C@@H]1CN(C)C(=O)c1cccnc1. The highest BCUT2D eigenvalue weighted by molar-refractivity contribution is 5.97. The van der Waals surface area contributed by atoms with Gasteiger partial charge in [-0.2, -0.15) is 0 Å². The number of amides is 2. The number of rotatable bonds is 6. The van der Waals surface area contributed by atoms with Gasteiger partial charge in [0.05, 0.1) is 24.8 Å². The molecule has 0 spiro atoms. The van der Waals surface area contributed by atoms with E-state index in [0.29, 0.717) is 24.2 Å². The van der Waals surface area contributed by atoms with Gasteiger partial charge in [-0.25, -0.2) is 4.98 Å². The molecule has 0 aromatic carbocycles. The van der Waals surface area contributed by atoms with Crippen LogP contribution in [-0.2, 0) is 0 Å². The molecule has 34 heavy (non-hydrogen) atoms. The summed E-state index contributed by atoms with van der Waals surface area (Å²) in [4.78, 5) is 38.3. The van der Waals surface area contributed by atoms with Crippen LogP contribution in [0.25, 0.3) is 5.57 Å². The van der Waals surface area contributed by atoms with Crippen molar-refractivity contribution < 1.29 is 19.4 Å². The molecule has 2 aromatic heterocycles. The van der Waals surface area contributed by atoms with Crippen molar-refractivity contribution in [2.45, 2.75) is 45.3 Å². The van der Waals surface area contributed by atoms with Crippen LogP contribution in [-0.4, -0.2) is 75.6 Å². The quantitative estimate of drug-likeness (QED) is 0.706. The summed E-state index contributed by atoms with van der Waals surface area (Å²) in [5.74, 6) is -0.190. The number of ether oxygens (including phenoxy) is 1. The van der Waals surface area contributed by atoms with Crippen molar-refractivity contribution in [2.24, 2.45) is 5.92 Å². The van der Waals surface area contributed by atoms with Crippen LogP contribution in [0.4, 0.5) is 0 Å². The van der Waals surface area contributed by atoms with Gasteiger partial charge in [-0.15, -0.1) is 0 Å². The van der Waals surface area contributed by atoms with Gasteiger partial charge in [0.25, 0.3) is 11.8 Å². The van der Waals surface area contributed by atoms with Gasteiger partial charge in [-0.05, 0) is 55.5 Å². The Morgan fingerprint density at radius 1 is 1.38 bits per heavy atom. The van der Waals surface area contributed by atoms with E-state index in [-0.39, 0.29) is 36.3 Å². The lowest BCUT2D eigenvalue weighted by Gasteiger charge is -2.37. The summed E-state index contributed by atoms with van der Waals surface area (Å²) in [5, 5.41) is 9.83. The van der Waals surface area contributed by atoms with Crippen LogP contribution in [0.2, 0.25) is 0 Å². The Morgan fingerprint density at radius 3 is 2.88 bits per heavy atom. The number of aromatic nitrogens is 2. The fourth-order valence-electron chi connectivity index (χ4n) is 4.49. The maximum Gasteiger partial charge on any atom is 0.259 e. The van der Waals surface area contributed by atoms with Gasteiger partial charge in [-0.3, -0.25) is 14.6 Å². The zero-order chi connectivity index (χ0) is 24.2. The molecule has 3 heterocycles. The molecular formula is C26H32N4O4. The first kappa shape index (κ1) is 23.9. The molecule has 2 aromatic rings. The normalized spacial score (nSPS) is 21.1. The predicted octanol–water partition coefficient (Wildman–Crippen LogP) is 3.04. The van der Waals surface area contributed by atoms with E-state index in [0.717, 1.165) is 24.8 Å². The lowest BCUT2D eigenvalue weighted by atomic mass is 9.99. The molecule has 1 aliphatic heterocycles. The maximum atomic E-state index is 13.5. The standard InChI is InChI=1S/C26H32N4O4/c1-17-14-30(18(2)16-31)26(33)22-11-21(19-7-4-5-8-19)13-28-24(22)34-23(17)15-29(3)25(32)20-9-6-10-27-12-20/h6-7,9-13,17-18,23,31H,4-5,8,14-16H2,1-3H3/t17-,18-,23-/m1/s1. The third-order valence-corrected chi connectivity index (χ3v) is 6.64. The molecule has 1 aliphatic carbocycles. The average Bonchev–Trinajstić information content (AvgIpc) is 3.40. The van der Waals surface area contributed by atoms with Gasteiger partial charge in [0, 0.05) is 38.1 Å². The first-order valence-corrected chi connectivity index (χ1v) is 11.8. The average molecular weight is 465 g/mol. The number of nitrogens with zero attached hydrogens (tertiary/aromatic N) is 4. The molecular weight excluding hydrogens is 432 g/mol. The first-order valence-electron chi connectivity index (χ1n) is 11.8. The largest absolute Gasteiger partial charge is 0.472 e. The number of hydrogen-bond acceptors (Lipinski definition) is 6. The number of fused-ring (bicyclic) bond motifs is 1. The van der Waals surface area contributed by atoms with E-state index < -0.39 is 6.10 Å². The summed E-state index contributed by atoms with van der Waals surface area (Å²) < 4.78 is 6.31. The lowest BCUT2D eigenvalue weighted by Crippen LogP contribution is -2.50. The molecule has 0 fully saturated rings. The van der Waals surface area contributed by atoms with E-state index in [1.807, 2.05) is 19.9 Å². The first-order chi connectivity index (χ1) is 16.4. The summed E-state index contributed by atoms with van der Waals surface area (Å²) in [6.07, 6.45) is 9.82. The number of likely N-dealkylation sites (N-methyl/N-ethyl adjacent to an activating group) is 1. The molecule has 180 valence electrons. The second kappa shape index (κ2) is 10.3. The lowest BCUT2D eigenvalue weighted by molar-refractivity contribution is 0.0313. The second-order valence-corrected chi connectivity index (χ2v) is 9.25. The Labute approximate surface area is 200 Å². The molecule has 0 unspecified atom stereocenters. The number of hydrogen-bond donors (Lipinski definition) is 1. The zero-order valence-electron chi connectivity index (χ0n) is 20.0. The van der Waals surface area contributed by atoms with Gasteiger partial charge in [-0.1, -0.05) is 13.0 Å². The van der Waals surface area contributed by atoms with Crippen molar-refractivity contribution in [1.29, 1.82) is 0 Å². The van der Waals surface area contributed by atoms with E-state index >= 15 is 0 Å². The number of allylic oxidation sites excluding steroid dienone is 2. The number of carbonyl (C=O) groups is 2. The van der Waals surface area contributed by atoms with Crippen LogP contribution in [0.15, 0.2) is 42.9 Å². The molecule has 1 N–H and O–H groups in total. The van der Waals surface area contributed by atoms with E-state index in [4.69, 9.17) is 4.74 Å². The van der Waals surface area contributed by atoms with Crippen molar-refractivity contribution in [1.82, 2.24) is 19.8 Å². The topological polar surface area (TPSA) is 95.9 Å². The van der Waals surface area contributed by atoms with Gasteiger partial charge in [0.2, 0.25) is 5.88 Å². The molecule has 0 bridgehead atoms. The number of aliphatic hydroxyl groups excluding tert-OH is 1. The van der Waals surface area contributed by atoms with Crippen molar-refractivity contribution >= 4 is 17.4 Å². The smallest absolute Gasteiger partial charge is 0.259 e. The number of pyridine rings is 2. The van der Waals surface area contributed by atoms with Crippen molar-refractivity contribution in [3.05, 3.63) is 59.6 Å². The minimum absolute atomic E-state index is 0.103. The minimum Gasteiger partial charge on any atom is -0.472 e. The van der Waals surface area contributed by atoms with Crippen LogP contribution < -0.4 is 4.74 Å². The monoisotopic (exact) mass is 464 g/mol. The highest BCUT2D eigenvalue weighted by Crippen LogP contribution is 2.32. The highest BCUT2D eigenvalue weighted by Gasteiger charge is 2.35. The Bertz CT molecular complexity index is 1070. The van der Waals surface area contributed by atoms with Crippen molar-refractivity contribution in [2.75, 3.05) is 26.7 Å². The summed E-state index contributed by atoms with van der Waals surface area (Å²) in [5.41, 5.74) is 3.02. The van der Waals surface area contributed by atoms with E-state index in [1.165, 1.54) is 5.57 Å². The van der Waals surface area contributed by atoms with Crippen LogP contribution in [0.3, 0.4) is 0 Å². The second-order valence-electron chi connectivity index (χ2n) is 9.25. The van der Waals surface area contributed by atoms with Gasteiger partial charge in [0.1, 0.15) is 11.7 Å². The number of aliphatic hydroxyl groups is 1. The summed E-state index contributed by atoms with van der Waals surface area (Å²) in [7, 11) is 1.73. The van der Waals surface area contributed by atoms with Crippen LogP contribution in [0.1, 0.15) is 59.4 Å². The Kier molecular flexibility index (Phi) is 7.26. The van der Waals surface area contributed by atoms with E-state index in [9.17, 15) is 14.7 Å². The molecule has 3 atom stereocenters. The molecule has 8 nitrogen and oxygen atoms in total. The molecule has 0 saturated carbocycles. The van der Waals surface area contributed by atoms with Gasteiger partial charge < -0.3 is 19.6 Å². The highest BCUT2D eigenvalue weighted by atomic mass is 16.5. The van der Waals surface area contributed by atoms with Crippen molar-refractivity contribution in [3.8, 4) is 5.88 Å². The zero-order valence-corrected chi connectivity index (χ0v) is 20.0. The Morgan fingerprint density at radius 2 is 2.21 bits per heavy atom. The summed E-state index contributed by atoms with van der Waals surface area (Å²) in [6.45, 7) is 4.39. The molecule has 0 radical (unpaired) electrons. The Balaban J connectivity index is 1.65. The van der Waals surface area contributed by atoms with Crippen LogP contribution in [0, 0.1) is 5.92 Å². The summed E-state index contributed by atoms with van der Waals surface area (Å²) >= 11 is 0. The third-order valence-electron chi connectivity index (χ3n) is 6.64. The van der Waals surface area contributed by atoms with Gasteiger partial charge >= 0.3 is 0 Å². The molecule has 8 heteroatoms. The van der Waals surface area contributed by atoms with Crippen LogP contribution in [0.5, 0.6) is 5.88 Å². The molecule has 0 saturated heterocycles. The predicted molar refractivity (Wildman–Crippen MR) is 128 cm³/mol.